The molecule has 0 radical (unpaired) electrons. The third kappa shape index (κ3) is 9.48. The number of aliphatic hydroxyl groups excluding tert-OH is 2. The minimum Gasteiger partial charge on any atom is -0.459 e. The van der Waals surface area contributed by atoms with Crippen molar-refractivity contribution in [1.82, 2.24) is 10.2 Å². The van der Waals surface area contributed by atoms with E-state index in [1.54, 1.807) is 24.0 Å². The number of amides is 2. The van der Waals surface area contributed by atoms with Gasteiger partial charge in [-0.05, 0) is 102 Å². The number of aliphatic hydroxyl groups is 2. The Kier molecular flexibility index (Phi) is 15.0. The first-order valence-corrected chi connectivity index (χ1v) is 19.1. The molecule has 0 spiro atoms. The van der Waals surface area contributed by atoms with Gasteiger partial charge in [0.2, 0.25) is 5.79 Å². The number of rotatable bonds is 18. The van der Waals surface area contributed by atoms with Crippen LogP contribution in [0, 0.1) is 17.8 Å². The van der Waals surface area contributed by atoms with E-state index in [4.69, 9.17) is 28.9 Å². The number of nitrogens with zero attached hydrogens (tertiary/aromatic N) is 2. The molecule has 1 aliphatic heterocycles. The van der Waals surface area contributed by atoms with Gasteiger partial charge in [-0.25, -0.2) is 9.59 Å². The highest BCUT2D eigenvalue weighted by molar-refractivity contribution is 6.03. The van der Waals surface area contributed by atoms with Crippen molar-refractivity contribution in [3.63, 3.8) is 0 Å². The topological polar surface area (TPSA) is 148 Å². The van der Waals surface area contributed by atoms with Gasteiger partial charge in [0.25, 0.3) is 0 Å². The van der Waals surface area contributed by atoms with E-state index in [0.717, 1.165) is 36.8 Å². The number of oxime groups is 1. The van der Waals surface area contributed by atoms with Crippen LogP contribution in [0.25, 0.3) is 0 Å². The summed E-state index contributed by atoms with van der Waals surface area (Å²) in [6.07, 6.45) is 8.48. The monoisotopic (exact) mass is 727 g/mol. The summed E-state index contributed by atoms with van der Waals surface area (Å²) in [4.78, 5) is 34.3. The molecule has 12 heteroatoms. The Labute approximate surface area is 309 Å². The Morgan fingerprint density at radius 2 is 1.85 bits per heavy atom. The Hall–Kier alpha value is -3.61. The average molecular weight is 728 g/mol. The number of ether oxygens (including phenoxy) is 4. The van der Waals surface area contributed by atoms with Crippen LogP contribution in [0.4, 0.5) is 9.59 Å². The van der Waals surface area contributed by atoms with Gasteiger partial charge in [0.15, 0.2) is 0 Å². The van der Waals surface area contributed by atoms with Crippen LogP contribution in [0.3, 0.4) is 0 Å². The van der Waals surface area contributed by atoms with Crippen LogP contribution in [-0.4, -0.2) is 90.0 Å². The third-order valence-electron chi connectivity index (χ3n) is 9.95. The molecule has 0 aromatic heterocycles. The van der Waals surface area contributed by atoms with Crippen molar-refractivity contribution in [2.24, 2.45) is 22.9 Å². The summed E-state index contributed by atoms with van der Waals surface area (Å²) in [7, 11) is 0. The zero-order valence-electron chi connectivity index (χ0n) is 32.0. The Morgan fingerprint density at radius 1 is 1.12 bits per heavy atom. The van der Waals surface area contributed by atoms with E-state index in [9.17, 15) is 19.8 Å². The summed E-state index contributed by atoms with van der Waals surface area (Å²) in [5, 5.41) is 27.1. The summed E-state index contributed by atoms with van der Waals surface area (Å²) in [6.45, 7) is 16.8. The molecule has 52 heavy (non-hydrogen) atoms. The SMILES string of the molecule is C=CCOC12Oc3ccc(OC(=O)NCC)cc3C3C(CCCCO)C(CCCCO)C=C(C(=NOC(C)(C)C)CC1N(CCC)C(=O)OCC)C32. The van der Waals surface area contributed by atoms with Gasteiger partial charge < -0.3 is 39.3 Å². The van der Waals surface area contributed by atoms with Gasteiger partial charge in [-0.15, -0.1) is 6.58 Å². The fraction of sp³-hybridized carbons (Fsp3) is 0.675. The minimum absolute atomic E-state index is 0.0406. The maximum atomic E-state index is 13.9. The summed E-state index contributed by atoms with van der Waals surface area (Å²) in [5.74, 6) is -1.02. The van der Waals surface area contributed by atoms with E-state index in [1.807, 2.05) is 46.8 Å². The molecule has 3 aliphatic rings. The van der Waals surface area contributed by atoms with Gasteiger partial charge in [0, 0.05) is 44.2 Å². The second-order valence-corrected chi connectivity index (χ2v) is 14.8. The fourth-order valence-electron chi connectivity index (χ4n) is 8.01. The predicted molar refractivity (Wildman–Crippen MR) is 200 cm³/mol. The normalized spacial score (nSPS) is 25.6. The second-order valence-electron chi connectivity index (χ2n) is 14.8. The molecule has 3 N–H and O–H groups in total. The second kappa shape index (κ2) is 18.9. The van der Waals surface area contributed by atoms with Crippen molar-refractivity contribution in [2.75, 3.05) is 39.5 Å². The Morgan fingerprint density at radius 3 is 2.48 bits per heavy atom. The first-order valence-electron chi connectivity index (χ1n) is 19.1. The molecule has 0 saturated heterocycles. The van der Waals surface area contributed by atoms with Crippen molar-refractivity contribution in [3.05, 3.63) is 48.1 Å². The summed E-state index contributed by atoms with van der Waals surface area (Å²) in [5.41, 5.74) is 1.93. The van der Waals surface area contributed by atoms with Crippen LogP contribution in [0.5, 0.6) is 11.5 Å². The molecule has 2 amide bonds. The number of fused-ring (bicyclic) bond motifs is 2. The lowest BCUT2D eigenvalue weighted by Gasteiger charge is -2.60. The maximum Gasteiger partial charge on any atom is 0.412 e. The maximum absolute atomic E-state index is 13.9. The highest BCUT2D eigenvalue weighted by Gasteiger charge is 2.65. The van der Waals surface area contributed by atoms with Crippen molar-refractivity contribution in [2.45, 2.75) is 116 Å². The van der Waals surface area contributed by atoms with Crippen molar-refractivity contribution in [3.8, 4) is 11.5 Å². The number of nitrogens with one attached hydrogen (secondary N) is 1. The summed E-state index contributed by atoms with van der Waals surface area (Å²) < 4.78 is 25.5. The molecule has 2 aliphatic carbocycles. The smallest absolute Gasteiger partial charge is 0.412 e. The third-order valence-corrected chi connectivity index (χ3v) is 9.95. The van der Waals surface area contributed by atoms with E-state index in [0.29, 0.717) is 49.6 Å². The van der Waals surface area contributed by atoms with Crippen LogP contribution >= 0.6 is 0 Å². The number of benzene rings is 1. The lowest BCUT2D eigenvalue weighted by molar-refractivity contribution is -0.255. The lowest BCUT2D eigenvalue weighted by Crippen LogP contribution is -2.70. The number of hydrogen-bond donors (Lipinski definition) is 3. The number of carbonyl (C=O) groups excluding carboxylic acids is 2. The lowest BCUT2D eigenvalue weighted by atomic mass is 9.55. The van der Waals surface area contributed by atoms with Gasteiger partial charge in [-0.2, -0.15) is 0 Å². The highest BCUT2D eigenvalue weighted by Crippen LogP contribution is 2.62. The quantitative estimate of drug-likeness (QED) is 0.0819. The first kappa shape index (κ1) is 41.2. The first-order chi connectivity index (χ1) is 25.0. The van der Waals surface area contributed by atoms with Crippen LogP contribution in [-0.2, 0) is 14.3 Å². The van der Waals surface area contributed by atoms with Gasteiger partial charge in [-0.3, -0.25) is 4.90 Å². The van der Waals surface area contributed by atoms with Crippen molar-refractivity contribution >= 4 is 17.9 Å². The van der Waals surface area contributed by atoms with Crippen LogP contribution in [0.2, 0.25) is 0 Å². The molecule has 290 valence electrons. The number of hydrogen-bond acceptors (Lipinski definition) is 10. The van der Waals surface area contributed by atoms with Crippen molar-refractivity contribution in [1.29, 1.82) is 0 Å². The molecule has 0 bridgehead atoms. The molecule has 1 aromatic rings. The molecule has 6 unspecified atom stereocenters. The zero-order valence-corrected chi connectivity index (χ0v) is 32.0. The highest BCUT2D eigenvalue weighted by atomic mass is 16.7. The van der Waals surface area contributed by atoms with E-state index < -0.39 is 35.5 Å². The van der Waals surface area contributed by atoms with E-state index in [-0.39, 0.29) is 50.6 Å². The summed E-state index contributed by atoms with van der Waals surface area (Å²) >= 11 is 0. The van der Waals surface area contributed by atoms with Gasteiger partial charge >= 0.3 is 12.2 Å². The van der Waals surface area contributed by atoms with Gasteiger partial charge in [0.1, 0.15) is 23.1 Å². The van der Waals surface area contributed by atoms with Crippen LogP contribution in [0.15, 0.2) is 47.7 Å². The zero-order chi connectivity index (χ0) is 37.9. The van der Waals surface area contributed by atoms with E-state index in [1.165, 1.54) is 0 Å². The molecule has 1 fully saturated rings. The van der Waals surface area contributed by atoms with Gasteiger partial charge in [-0.1, -0.05) is 37.1 Å². The number of carbonyl (C=O) groups is 2. The Bertz CT molecular complexity index is 1420. The van der Waals surface area contributed by atoms with E-state index >= 15 is 0 Å². The fourth-order valence-corrected chi connectivity index (χ4v) is 8.01. The molecule has 1 saturated carbocycles. The minimum atomic E-state index is -1.38. The molecular formula is C40H61N3O9. The molecule has 6 atom stereocenters. The van der Waals surface area contributed by atoms with Gasteiger partial charge in [0.05, 0.1) is 24.8 Å². The van der Waals surface area contributed by atoms with Crippen molar-refractivity contribution < 1.29 is 43.6 Å². The average Bonchev–Trinajstić information content (AvgIpc) is 3.10. The Balaban J connectivity index is 2.06. The summed E-state index contributed by atoms with van der Waals surface area (Å²) in [6, 6.07) is 4.76. The molecule has 1 heterocycles. The molecule has 1 aromatic carbocycles. The molecular weight excluding hydrogens is 666 g/mol. The predicted octanol–water partition coefficient (Wildman–Crippen LogP) is 7.10. The standard InChI is InChI=1S/C40H61N3O9/c1-8-20-43(38(47)48-11-4)34-26-32(42-52-39(5,6)7)30-24-27(16-12-14-21-44)29(17-13-15-22-45)35-31-25-28(50-37(46)41-10-3)18-19-33(31)51-40(34,36(30)35)49-23-9-2/h9,18-19,24-25,27,29,34-36,44-45H,2,8,10-17,20-23,26H2,1,3-7H3,(H,41,46). The largest absolute Gasteiger partial charge is 0.459 e. The number of allylic oxidation sites excluding steroid dienone is 1. The molecule has 12 nitrogen and oxygen atoms in total. The number of unbranched alkanes of at least 4 members (excludes halogenated alkanes) is 2. The van der Waals surface area contributed by atoms with E-state index in [2.05, 4.69) is 18.0 Å². The van der Waals surface area contributed by atoms with Crippen LogP contribution < -0.4 is 14.8 Å². The van der Waals surface area contributed by atoms with Crippen LogP contribution in [0.1, 0.15) is 104 Å². The molecule has 4 rings (SSSR count).